The molecule has 10 heteroatoms. The first-order valence-corrected chi connectivity index (χ1v) is 12.2. The maximum absolute atomic E-state index is 12.9. The van der Waals surface area contributed by atoms with E-state index in [2.05, 4.69) is 10.0 Å². The predicted octanol–water partition coefficient (Wildman–Crippen LogP) is 2.57. The third-order valence-electron chi connectivity index (χ3n) is 5.16. The highest BCUT2D eigenvalue weighted by Crippen LogP contribution is 2.38. The molecule has 1 saturated heterocycles. The Morgan fingerprint density at radius 1 is 1.20 bits per heavy atom. The molecule has 0 aliphatic carbocycles. The summed E-state index contributed by atoms with van der Waals surface area (Å²) in [5, 5.41) is 1.86. The van der Waals surface area contributed by atoms with E-state index in [1.54, 1.807) is 23.1 Å². The van der Waals surface area contributed by atoms with Crippen LogP contribution in [0.5, 0.6) is 0 Å². The second kappa shape index (κ2) is 8.83. The lowest BCUT2D eigenvalue weighted by atomic mass is 10.2. The number of hydrogen-bond donors (Lipinski definition) is 2. The number of furan rings is 1. The lowest BCUT2D eigenvalue weighted by molar-refractivity contribution is -0.133. The van der Waals surface area contributed by atoms with Crippen molar-refractivity contribution in [1.82, 2.24) is 9.62 Å². The molecule has 30 heavy (non-hydrogen) atoms. The lowest BCUT2D eigenvalue weighted by Gasteiger charge is -2.28. The van der Waals surface area contributed by atoms with Gasteiger partial charge in [-0.1, -0.05) is 12.8 Å². The van der Waals surface area contributed by atoms with Crippen molar-refractivity contribution in [3.8, 4) is 0 Å². The molecule has 0 spiro atoms. The van der Waals surface area contributed by atoms with Gasteiger partial charge in [-0.2, -0.15) is 0 Å². The Kier molecular flexibility index (Phi) is 6.16. The van der Waals surface area contributed by atoms with Gasteiger partial charge in [-0.05, 0) is 43.2 Å². The normalized spacial score (nSPS) is 19.7. The first-order chi connectivity index (χ1) is 14.4. The molecule has 4 rings (SSSR count). The Morgan fingerprint density at radius 2 is 1.97 bits per heavy atom. The third kappa shape index (κ3) is 4.55. The van der Waals surface area contributed by atoms with E-state index < -0.39 is 21.2 Å². The molecule has 0 bridgehead atoms. The highest BCUT2D eigenvalue weighted by Gasteiger charge is 2.36. The second-order valence-corrected chi connectivity index (χ2v) is 10.2. The van der Waals surface area contributed by atoms with Gasteiger partial charge in [-0.3, -0.25) is 9.59 Å². The number of anilines is 1. The monoisotopic (exact) mass is 449 g/mol. The number of nitrogens with zero attached hydrogens (tertiary/aromatic N) is 1. The molecule has 2 aromatic rings. The highest BCUT2D eigenvalue weighted by atomic mass is 32.2. The number of carbonyl (C=O) groups is 2. The molecule has 3 heterocycles. The van der Waals surface area contributed by atoms with Gasteiger partial charge in [0.25, 0.3) is 0 Å². The summed E-state index contributed by atoms with van der Waals surface area (Å²) in [4.78, 5) is 28.0. The topological polar surface area (TPSA) is 109 Å². The number of rotatable bonds is 5. The Balaban J connectivity index is 1.48. The van der Waals surface area contributed by atoms with Gasteiger partial charge in [0.15, 0.2) is 5.25 Å². The summed E-state index contributed by atoms with van der Waals surface area (Å²) in [5.41, 5.74) is 0.394. The van der Waals surface area contributed by atoms with Crippen LogP contribution in [0.2, 0.25) is 0 Å². The minimum absolute atomic E-state index is 0.0277. The van der Waals surface area contributed by atoms with Crippen LogP contribution in [0, 0.1) is 0 Å². The number of likely N-dealkylation sites (tertiary alicyclic amines) is 1. The summed E-state index contributed by atoms with van der Waals surface area (Å²) < 4.78 is 32.8. The number of fused-ring (bicyclic) bond motifs is 1. The van der Waals surface area contributed by atoms with Crippen LogP contribution in [0.15, 0.2) is 50.8 Å². The maximum Gasteiger partial charge on any atom is 0.247 e. The van der Waals surface area contributed by atoms with Gasteiger partial charge in [0.1, 0.15) is 5.76 Å². The van der Waals surface area contributed by atoms with Crippen molar-refractivity contribution in [1.29, 1.82) is 0 Å². The lowest BCUT2D eigenvalue weighted by Crippen LogP contribution is -2.45. The van der Waals surface area contributed by atoms with E-state index >= 15 is 0 Å². The molecule has 8 nitrogen and oxygen atoms in total. The molecule has 2 N–H and O–H groups in total. The van der Waals surface area contributed by atoms with Crippen molar-refractivity contribution in [3.05, 3.63) is 42.4 Å². The molecular weight excluding hydrogens is 426 g/mol. The van der Waals surface area contributed by atoms with Gasteiger partial charge < -0.3 is 14.6 Å². The molecule has 2 amide bonds. The van der Waals surface area contributed by atoms with Crippen molar-refractivity contribution < 1.29 is 22.4 Å². The zero-order chi connectivity index (χ0) is 21.1. The van der Waals surface area contributed by atoms with Crippen molar-refractivity contribution >= 4 is 39.3 Å². The largest absolute Gasteiger partial charge is 0.468 e. The Morgan fingerprint density at radius 3 is 2.67 bits per heavy atom. The number of benzene rings is 1. The van der Waals surface area contributed by atoms with Gasteiger partial charge in [0.05, 0.1) is 23.4 Å². The zero-order valence-corrected chi connectivity index (χ0v) is 17.9. The number of amides is 2. The Bertz CT molecular complexity index is 1030. The molecule has 160 valence electrons. The van der Waals surface area contributed by atoms with Crippen LogP contribution in [-0.4, -0.2) is 43.5 Å². The van der Waals surface area contributed by atoms with E-state index in [-0.39, 0.29) is 17.3 Å². The summed E-state index contributed by atoms with van der Waals surface area (Å²) in [5.74, 6) is -0.100. The van der Waals surface area contributed by atoms with E-state index in [9.17, 15) is 18.0 Å². The van der Waals surface area contributed by atoms with Gasteiger partial charge in [0, 0.05) is 18.0 Å². The quantitative estimate of drug-likeness (QED) is 0.679. The summed E-state index contributed by atoms with van der Waals surface area (Å²) >= 11 is 1.17. The minimum Gasteiger partial charge on any atom is -0.468 e. The number of nitrogens with one attached hydrogen (secondary N) is 2. The van der Waals surface area contributed by atoms with Gasteiger partial charge in [-0.15, -0.1) is 11.8 Å². The van der Waals surface area contributed by atoms with Crippen molar-refractivity contribution in [2.75, 3.05) is 18.4 Å². The van der Waals surface area contributed by atoms with Gasteiger partial charge in [-0.25, -0.2) is 13.1 Å². The van der Waals surface area contributed by atoms with E-state index in [4.69, 9.17) is 4.42 Å². The first-order valence-electron chi connectivity index (χ1n) is 9.86. The van der Waals surface area contributed by atoms with Crippen molar-refractivity contribution in [3.63, 3.8) is 0 Å². The smallest absolute Gasteiger partial charge is 0.247 e. The fourth-order valence-corrected chi connectivity index (χ4v) is 5.61. The van der Waals surface area contributed by atoms with E-state index in [1.807, 2.05) is 0 Å². The summed E-state index contributed by atoms with van der Waals surface area (Å²) in [7, 11) is -3.78. The van der Waals surface area contributed by atoms with Crippen LogP contribution in [-0.2, 0) is 26.2 Å². The van der Waals surface area contributed by atoms with Crippen LogP contribution in [0.3, 0.4) is 0 Å². The molecule has 0 radical (unpaired) electrons. The molecule has 2 aliphatic rings. The molecule has 1 aromatic heterocycles. The Hall–Kier alpha value is -2.30. The highest BCUT2D eigenvalue weighted by molar-refractivity contribution is 8.01. The molecule has 1 aromatic carbocycles. The molecule has 1 fully saturated rings. The molecule has 2 aliphatic heterocycles. The Labute approximate surface area is 179 Å². The first kappa shape index (κ1) is 21.0. The van der Waals surface area contributed by atoms with Crippen LogP contribution in [0.1, 0.15) is 31.4 Å². The van der Waals surface area contributed by atoms with Crippen LogP contribution < -0.4 is 10.0 Å². The number of sulfonamides is 1. The van der Waals surface area contributed by atoms with Crippen molar-refractivity contribution in [2.24, 2.45) is 0 Å². The zero-order valence-electron chi connectivity index (χ0n) is 16.3. The van der Waals surface area contributed by atoms with Crippen molar-refractivity contribution in [2.45, 2.75) is 47.3 Å². The van der Waals surface area contributed by atoms with Crippen LogP contribution in [0.4, 0.5) is 5.69 Å². The standard InChI is InChI=1S/C20H23N3O5S2/c24-19-18(20(25)23-9-3-1-2-4-10-23)29-17-8-7-15(12-16(17)22-19)30(26,27)21-13-14-6-5-11-28-14/h5-8,11-12,18,21H,1-4,9-10,13H2,(H,22,24). The number of hydrogen-bond acceptors (Lipinski definition) is 6. The van der Waals surface area contributed by atoms with Crippen LogP contribution >= 0.6 is 11.8 Å². The fourth-order valence-electron chi connectivity index (χ4n) is 3.54. The average Bonchev–Trinajstić information content (AvgIpc) is 3.11. The van der Waals surface area contributed by atoms with E-state index in [0.29, 0.717) is 29.4 Å². The number of thioether (sulfide) groups is 1. The maximum atomic E-state index is 12.9. The molecule has 1 atom stereocenters. The summed E-state index contributed by atoms with van der Waals surface area (Å²) in [6.07, 6.45) is 5.57. The number of carbonyl (C=O) groups excluding carboxylic acids is 2. The SMILES string of the molecule is O=C1Nc2cc(S(=O)(=O)NCc3ccco3)ccc2SC1C(=O)N1CCCCCC1. The summed E-state index contributed by atoms with van der Waals surface area (Å²) in [6, 6.07) is 7.87. The van der Waals surface area contributed by atoms with E-state index in [0.717, 1.165) is 25.7 Å². The minimum atomic E-state index is -3.78. The summed E-state index contributed by atoms with van der Waals surface area (Å²) in [6.45, 7) is 1.38. The van der Waals surface area contributed by atoms with Crippen LogP contribution in [0.25, 0.3) is 0 Å². The predicted molar refractivity (Wildman–Crippen MR) is 112 cm³/mol. The van der Waals surface area contributed by atoms with Gasteiger partial charge in [0.2, 0.25) is 21.8 Å². The molecule has 0 saturated carbocycles. The second-order valence-electron chi connectivity index (χ2n) is 7.29. The average molecular weight is 450 g/mol. The molecular formula is C20H23N3O5S2. The third-order valence-corrected chi connectivity index (χ3v) is 7.82. The molecule has 1 unspecified atom stereocenters. The fraction of sp³-hybridized carbons (Fsp3) is 0.400. The van der Waals surface area contributed by atoms with E-state index in [1.165, 1.54) is 30.2 Å². The van der Waals surface area contributed by atoms with Gasteiger partial charge >= 0.3 is 0 Å².